The second-order valence-electron chi connectivity index (χ2n) is 11.1. The SMILES string of the molecule is CCC(NC(=O)CCCCCCCCCCCCCCC(C)C)N(C)C.O=C(O)[C@H](O)[C@@H](O)[C@H](O)[C@H](O)CO. The monoisotopic (exact) mass is 564 g/mol. The largest absolute Gasteiger partial charge is 0.479 e. The fourth-order valence-corrected chi connectivity index (χ4v) is 4.13. The summed E-state index contributed by atoms with van der Waals surface area (Å²) in [6.45, 7) is 5.91. The molecule has 0 aromatic heterocycles. The molecular formula is C29H60N2O8. The normalized spacial score (nSPS) is 15.3. The number of hydrogen-bond donors (Lipinski definition) is 7. The van der Waals surface area contributed by atoms with Crippen molar-refractivity contribution in [3.05, 3.63) is 0 Å². The van der Waals surface area contributed by atoms with Crippen LogP contribution >= 0.6 is 0 Å². The highest BCUT2D eigenvalue weighted by atomic mass is 16.4. The molecule has 0 spiro atoms. The van der Waals surface area contributed by atoms with Gasteiger partial charge < -0.3 is 36.0 Å². The predicted octanol–water partition coefficient (Wildman–Crippen LogP) is 3.02. The number of unbranched alkanes of at least 4 members (excludes halogenated alkanes) is 11. The number of carbonyl (C=O) groups is 2. The molecule has 0 fully saturated rings. The lowest BCUT2D eigenvalue weighted by molar-refractivity contribution is -0.164. The summed E-state index contributed by atoms with van der Waals surface area (Å²) in [7, 11) is 4.03. The molecule has 0 heterocycles. The molecule has 5 atom stereocenters. The lowest BCUT2D eigenvalue weighted by Gasteiger charge is -2.23. The Morgan fingerprint density at radius 3 is 1.54 bits per heavy atom. The van der Waals surface area contributed by atoms with Crippen molar-refractivity contribution in [3.63, 3.8) is 0 Å². The Labute approximate surface area is 236 Å². The van der Waals surface area contributed by atoms with Gasteiger partial charge in [0, 0.05) is 6.42 Å². The van der Waals surface area contributed by atoms with Crippen molar-refractivity contribution in [2.75, 3.05) is 20.7 Å². The van der Waals surface area contributed by atoms with Gasteiger partial charge in [0.05, 0.1) is 12.8 Å². The molecule has 0 saturated heterocycles. The number of carbonyl (C=O) groups excluding carboxylic acids is 1. The molecule has 0 rings (SSSR count). The van der Waals surface area contributed by atoms with Gasteiger partial charge >= 0.3 is 5.97 Å². The number of aliphatic hydroxyl groups excluding tert-OH is 5. The number of nitrogens with zero attached hydrogens (tertiary/aromatic N) is 1. The Morgan fingerprint density at radius 1 is 0.744 bits per heavy atom. The highest BCUT2D eigenvalue weighted by molar-refractivity contribution is 5.76. The van der Waals surface area contributed by atoms with Crippen LogP contribution in [0.5, 0.6) is 0 Å². The van der Waals surface area contributed by atoms with Gasteiger partial charge in [-0.1, -0.05) is 97.8 Å². The molecule has 0 aromatic carbocycles. The number of rotatable bonds is 23. The Bertz CT molecular complexity index is 592. The summed E-state index contributed by atoms with van der Waals surface area (Å²) in [4.78, 5) is 24.1. The second kappa shape index (κ2) is 25.7. The van der Waals surface area contributed by atoms with Gasteiger partial charge in [0.25, 0.3) is 0 Å². The van der Waals surface area contributed by atoms with Crippen LogP contribution in [0.4, 0.5) is 0 Å². The van der Waals surface area contributed by atoms with Gasteiger partial charge in [-0.2, -0.15) is 0 Å². The summed E-state index contributed by atoms with van der Waals surface area (Å²) in [5.41, 5.74) is 0. The van der Waals surface area contributed by atoms with E-state index in [1.165, 1.54) is 77.0 Å². The average molecular weight is 565 g/mol. The van der Waals surface area contributed by atoms with Crippen LogP contribution in [0.3, 0.4) is 0 Å². The van der Waals surface area contributed by atoms with E-state index in [1.54, 1.807) is 0 Å². The number of carboxylic acid groups (broad SMARTS) is 1. The van der Waals surface area contributed by atoms with Gasteiger partial charge in [-0.15, -0.1) is 0 Å². The number of nitrogens with one attached hydrogen (secondary N) is 1. The van der Waals surface area contributed by atoms with Gasteiger partial charge in [-0.05, 0) is 32.9 Å². The Hall–Kier alpha value is -1.30. The predicted molar refractivity (Wildman–Crippen MR) is 154 cm³/mol. The number of amides is 1. The molecule has 0 bridgehead atoms. The molecule has 0 saturated carbocycles. The third-order valence-corrected chi connectivity index (χ3v) is 6.78. The fraction of sp³-hybridized carbons (Fsp3) is 0.931. The van der Waals surface area contributed by atoms with Crippen LogP contribution in [0.15, 0.2) is 0 Å². The summed E-state index contributed by atoms with van der Waals surface area (Å²) >= 11 is 0. The standard InChI is InChI=1S/C23H48N2O.C6H12O7/c1-6-22(25(4)5)24-23(26)20-18-16-14-12-10-8-7-9-11-13-15-17-19-21(2)3;7-1-2(8)3(9)4(10)5(11)6(12)13/h21-22H,6-20H2,1-5H3,(H,24,26);2-5,7-11H,1H2,(H,12,13)/t;2-,3-,4+,5-/m.1/s1. The number of hydrogen-bond acceptors (Lipinski definition) is 8. The minimum atomic E-state index is -2.20. The first kappa shape index (κ1) is 39.8. The first-order valence-electron chi connectivity index (χ1n) is 14.9. The summed E-state index contributed by atoms with van der Waals surface area (Å²) in [5.74, 6) is -0.647. The fourth-order valence-electron chi connectivity index (χ4n) is 4.13. The van der Waals surface area contributed by atoms with Crippen LogP contribution in [0.25, 0.3) is 0 Å². The van der Waals surface area contributed by atoms with Crippen LogP contribution in [0.1, 0.15) is 117 Å². The van der Waals surface area contributed by atoms with Crippen molar-refractivity contribution < 1.29 is 40.2 Å². The Morgan fingerprint density at radius 2 is 1.18 bits per heavy atom. The van der Waals surface area contributed by atoms with Crippen molar-refractivity contribution in [2.24, 2.45) is 5.92 Å². The Balaban J connectivity index is 0. The first-order valence-corrected chi connectivity index (χ1v) is 14.9. The van der Waals surface area contributed by atoms with E-state index in [9.17, 15) is 9.59 Å². The van der Waals surface area contributed by atoms with Crippen molar-refractivity contribution >= 4 is 11.9 Å². The molecule has 0 aliphatic rings. The van der Waals surface area contributed by atoms with Crippen molar-refractivity contribution in [3.8, 4) is 0 Å². The van der Waals surface area contributed by atoms with E-state index < -0.39 is 37.0 Å². The molecule has 234 valence electrons. The lowest BCUT2D eigenvalue weighted by Crippen LogP contribution is -2.48. The zero-order chi connectivity index (χ0) is 30.2. The molecule has 0 aromatic rings. The van der Waals surface area contributed by atoms with E-state index in [2.05, 4.69) is 31.0 Å². The molecule has 10 nitrogen and oxygen atoms in total. The molecule has 7 N–H and O–H groups in total. The maximum Gasteiger partial charge on any atom is 0.335 e. The smallest absolute Gasteiger partial charge is 0.335 e. The molecule has 1 amide bonds. The van der Waals surface area contributed by atoms with E-state index in [-0.39, 0.29) is 12.1 Å². The van der Waals surface area contributed by atoms with Gasteiger partial charge in [0.2, 0.25) is 5.91 Å². The third kappa shape index (κ3) is 23.1. The molecule has 10 heteroatoms. The van der Waals surface area contributed by atoms with E-state index in [0.29, 0.717) is 6.42 Å². The maximum absolute atomic E-state index is 11.9. The van der Waals surface area contributed by atoms with E-state index in [4.69, 9.17) is 30.6 Å². The average Bonchev–Trinajstić information content (AvgIpc) is 2.89. The minimum absolute atomic E-state index is 0.178. The molecule has 0 radical (unpaired) electrons. The maximum atomic E-state index is 11.9. The quantitative estimate of drug-likeness (QED) is 0.0728. The highest BCUT2D eigenvalue weighted by Gasteiger charge is 2.33. The molecule has 39 heavy (non-hydrogen) atoms. The van der Waals surface area contributed by atoms with Crippen molar-refractivity contribution in [2.45, 2.75) is 148 Å². The van der Waals surface area contributed by atoms with Gasteiger partial charge in [0.1, 0.15) is 18.3 Å². The van der Waals surface area contributed by atoms with Gasteiger partial charge in [-0.25, -0.2) is 4.79 Å². The van der Waals surface area contributed by atoms with E-state index in [0.717, 1.165) is 18.8 Å². The van der Waals surface area contributed by atoms with E-state index in [1.807, 2.05) is 14.1 Å². The van der Waals surface area contributed by atoms with Crippen LogP contribution in [-0.2, 0) is 9.59 Å². The topological polar surface area (TPSA) is 171 Å². The molecular weight excluding hydrogens is 504 g/mol. The van der Waals surface area contributed by atoms with Crippen LogP contribution < -0.4 is 5.32 Å². The lowest BCUT2D eigenvalue weighted by atomic mass is 10.0. The highest BCUT2D eigenvalue weighted by Crippen LogP contribution is 2.14. The minimum Gasteiger partial charge on any atom is -0.479 e. The summed E-state index contributed by atoms with van der Waals surface area (Å²) < 4.78 is 0. The second-order valence-corrected chi connectivity index (χ2v) is 11.1. The zero-order valence-corrected chi connectivity index (χ0v) is 25.2. The third-order valence-electron chi connectivity index (χ3n) is 6.78. The first-order chi connectivity index (χ1) is 18.4. The molecule has 0 aliphatic carbocycles. The van der Waals surface area contributed by atoms with Gasteiger partial charge in [0.15, 0.2) is 6.10 Å². The Kier molecular flexibility index (Phi) is 26.2. The number of aliphatic hydroxyl groups is 5. The number of carboxylic acids is 1. The van der Waals surface area contributed by atoms with Crippen LogP contribution in [0.2, 0.25) is 0 Å². The van der Waals surface area contributed by atoms with Crippen molar-refractivity contribution in [1.82, 2.24) is 10.2 Å². The molecule has 0 aliphatic heterocycles. The zero-order valence-electron chi connectivity index (χ0n) is 25.2. The summed E-state index contributed by atoms with van der Waals surface area (Å²) in [5, 5.41) is 54.9. The number of aliphatic carboxylic acids is 1. The van der Waals surface area contributed by atoms with Gasteiger partial charge in [-0.3, -0.25) is 9.69 Å². The van der Waals surface area contributed by atoms with Crippen LogP contribution in [0, 0.1) is 5.92 Å². The van der Waals surface area contributed by atoms with Crippen LogP contribution in [-0.4, -0.2) is 98.7 Å². The molecule has 1 unspecified atom stereocenters. The summed E-state index contributed by atoms with van der Waals surface area (Å²) in [6.07, 6.45) is 11.5. The van der Waals surface area contributed by atoms with E-state index >= 15 is 0 Å². The summed E-state index contributed by atoms with van der Waals surface area (Å²) in [6, 6.07) is 0. The van der Waals surface area contributed by atoms with Crippen molar-refractivity contribution in [1.29, 1.82) is 0 Å².